The summed E-state index contributed by atoms with van der Waals surface area (Å²) < 4.78 is 5.57. The molecule has 0 bridgehead atoms. The first-order chi connectivity index (χ1) is 8.17. The van der Waals surface area contributed by atoms with Crippen LogP contribution in [-0.2, 0) is 4.79 Å². The number of hydrogen-bond acceptors (Lipinski definition) is 3. The Labute approximate surface area is 115 Å². The molecule has 1 aromatic carbocycles. The van der Waals surface area contributed by atoms with Gasteiger partial charge >= 0.3 is 115 Å². The molecule has 0 aliphatic heterocycles. The van der Waals surface area contributed by atoms with Crippen molar-refractivity contribution in [2.75, 3.05) is 17.6 Å². The van der Waals surface area contributed by atoms with Crippen LogP contribution in [0.4, 0.5) is 0 Å². The molecule has 1 amide bonds. The molecule has 0 aromatic heterocycles. The molecule has 0 spiro atoms. The first kappa shape index (κ1) is 14.3. The van der Waals surface area contributed by atoms with Crippen LogP contribution in [0, 0.1) is 0 Å². The molecular formula is C11H12ClNO3Sn. The molecule has 0 fully saturated rings. The van der Waals surface area contributed by atoms with Crippen LogP contribution in [-0.4, -0.2) is 48.4 Å². The zero-order chi connectivity index (χ0) is 12.7. The topological polar surface area (TPSA) is 55.4 Å². The molecule has 0 saturated heterocycles. The second-order valence-electron chi connectivity index (χ2n) is 3.15. The van der Waals surface area contributed by atoms with Gasteiger partial charge in [0, 0.05) is 0 Å². The molecule has 0 aliphatic carbocycles. The number of halogens is 1. The van der Waals surface area contributed by atoms with Crippen LogP contribution in [0.25, 0.3) is 0 Å². The fraction of sp³-hybridized carbons (Fsp3) is 0.273. The molecule has 0 saturated carbocycles. The molecule has 17 heavy (non-hydrogen) atoms. The zero-order valence-corrected chi connectivity index (χ0v) is 12.9. The number of amides is 1. The summed E-state index contributed by atoms with van der Waals surface area (Å²) >= 11 is 4.16. The summed E-state index contributed by atoms with van der Waals surface area (Å²) in [6.45, 7) is 0. The number of benzene rings is 1. The summed E-state index contributed by atoms with van der Waals surface area (Å²) in [5.74, 6) is 0.503. The summed E-state index contributed by atoms with van der Waals surface area (Å²) in [5.41, 5.74) is 0.530. The van der Waals surface area contributed by atoms with Crippen LogP contribution in [0.1, 0.15) is 10.4 Å². The second-order valence-corrected chi connectivity index (χ2v) is 7.03. The Kier molecular flexibility index (Phi) is 6.36. The number of nitrogens with one attached hydrogen (secondary N) is 1. The van der Waals surface area contributed by atoms with Crippen molar-refractivity contribution in [2.45, 2.75) is 0 Å². The number of ether oxygens (including phenoxy) is 1. The predicted octanol–water partition coefficient (Wildman–Crippen LogP) is 0.852. The Bertz CT molecular complexity index is 411. The summed E-state index contributed by atoms with van der Waals surface area (Å²) in [7, 11) is 1.55. The van der Waals surface area contributed by atoms with Gasteiger partial charge in [-0.15, -0.1) is 0 Å². The number of rotatable bonds is 6. The SMILES string of the molecule is COc1cccc(C(=O)N[CH2][Sn][C](=O)CCl)c1. The van der Waals surface area contributed by atoms with Gasteiger partial charge in [0.25, 0.3) is 0 Å². The number of carbonyl (C=O) groups is 2. The van der Waals surface area contributed by atoms with E-state index in [1.807, 2.05) is 0 Å². The van der Waals surface area contributed by atoms with E-state index in [1.165, 1.54) is 0 Å². The maximum absolute atomic E-state index is 11.7. The predicted molar refractivity (Wildman–Crippen MR) is 66.8 cm³/mol. The fourth-order valence-electron chi connectivity index (χ4n) is 1.14. The monoisotopic (exact) mass is 361 g/mol. The molecule has 1 aromatic rings. The quantitative estimate of drug-likeness (QED) is 0.605. The second kappa shape index (κ2) is 7.55. The number of alkyl halides is 1. The summed E-state index contributed by atoms with van der Waals surface area (Å²) in [4.78, 5) is 22.7. The van der Waals surface area contributed by atoms with Crippen LogP contribution in [0.2, 0.25) is 0 Å². The average Bonchev–Trinajstić information content (AvgIpc) is 2.38. The van der Waals surface area contributed by atoms with Gasteiger partial charge in [0.2, 0.25) is 0 Å². The van der Waals surface area contributed by atoms with Gasteiger partial charge in [-0.05, 0) is 0 Å². The fourth-order valence-corrected chi connectivity index (χ4v) is 3.31. The molecule has 6 heteroatoms. The minimum absolute atomic E-state index is 0.0567. The summed E-state index contributed by atoms with van der Waals surface area (Å²) in [6.07, 6.45) is 0. The zero-order valence-electron chi connectivity index (χ0n) is 9.33. The van der Waals surface area contributed by atoms with Crippen LogP contribution in [0.5, 0.6) is 5.75 Å². The number of hydrogen-bond donors (Lipinski definition) is 1. The average molecular weight is 360 g/mol. The Balaban J connectivity index is 2.49. The van der Waals surface area contributed by atoms with E-state index in [2.05, 4.69) is 5.32 Å². The minimum atomic E-state index is -1.23. The van der Waals surface area contributed by atoms with Gasteiger partial charge in [0.15, 0.2) is 0 Å². The van der Waals surface area contributed by atoms with E-state index in [0.717, 1.165) is 0 Å². The first-order valence-corrected chi connectivity index (χ1v) is 8.90. The number of methoxy groups -OCH3 is 1. The van der Waals surface area contributed by atoms with Gasteiger partial charge in [-0.2, -0.15) is 0 Å². The van der Waals surface area contributed by atoms with Gasteiger partial charge in [0.1, 0.15) is 0 Å². The molecule has 4 nitrogen and oxygen atoms in total. The van der Waals surface area contributed by atoms with Gasteiger partial charge in [-0.1, -0.05) is 0 Å². The van der Waals surface area contributed by atoms with Crippen molar-refractivity contribution >= 4 is 42.4 Å². The van der Waals surface area contributed by atoms with E-state index in [0.29, 0.717) is 15.9 Å². The van der Waals surface area contributed by atoms with Crippen molar-refractivity contribution in [3.05, 3.63) is 29.8 Å². The van der Waals surface area contributed by atoms with Gasteiger partial charge < -0.3 is 0 Å². The van der Waals surface area contributed by atoms with Gasteiger partial charge in [0.05, 0.1) is 0 Å². The molecule has 1 rings (SSSR count). The maximum atomic E-state index is 11.7. The Morgan fingerprint density at radius 2 is 2.24 bits per heavy atom. The van der Waals surface area contributed by atoms with E-state index < -0.39 is 21.1 Å². The molecule has 1 N–H and O–H groups in total. The molecule has 0 unspecified atom stereocenters. The van der Waals surface area contributed by atoms with Crippen molar-refractivity contribution in [2.24, 2.45) is 0 Å². The van der Waals surface area contributed by atoms with Crippen molar-refractivity contribution < 1.29 is 14.3 Å². The first-order valence-electron chi connectivity index (χ1n) is 4.92. The van der Waals surface area contributed by atoms with E-state index in [1.54, 1.807) is 31.4 Å². The molecule has 0 aliphatic rings. The van der Waals surface area contributed by atoms with Crippen LogP contribution < -0.4 is 10.1 Å². The van der Waals surface area contributed by atoms with Crippen molar-refractivity contribution in [1.29, 1.82) is 0 Å². The molecule has 2 radical (unpaired) electrons. The van der Waals surface area contributed by atoms with Gasteiger partial charge in [-0.3, -0.25) is 0 Å². The van der Waals surface area contributed by atoms with E-state index in [4.69, 9.17) is 16.3 Å². The Hall–Kier alpha value is -0.751. The molecule has 90 valence electrons. The molecule has 0 atom stereocenters. The molecular weight excluding hydrogens is 348 g/mol. The van der Waals surface area contributed by atoms with E-state index in [-0.39, 0.29) is 15.6 Å². The van der Waals surface area contributed by atoms with Crippen molar-refractivity contribution in [3.8, 4) is 5.75 Å². The summed E-state index contributed by atoms with van der Waals surface area (Å²) in [6, 6.07) is 6.87. The summed E-state index contributed by atoms with van der Waals surface area (Å²) in [5, 5.41) is 2.72. The third-order valence-corrected chi connectivity index (χ3v) is 5.51. The Morgan fingerprint density at radius 3 is 2.88 bits per heavy atom. The molecule has 0 heterocycles. The standard InChI is InChI=1S/C9H10NO2.C2H2ClO.Sn/c1-10-9(11)7-4-3-5-8(6-7)12-2;3-1-2-4;/h3-6H,1H2,2H3,(H,10,11);1H2;. The van der Waals surface area contributed by atoms with Gasteiger partial charge in [-0.25, -0.2) is 0 Å². The van der Waals surface area contributed by atoms with Crippen molar-refractivity contribution in [3.63, 3.8) is 0 Å². The van der Waals surface area contributed by atoms with Crippen molar-refractivity contribution in [1.82, 2.24) is 5.32 Å². The third-order valence-electron chi connectivity index (χ3n) is 1.99. The van der Waals surface area contributed by atoms with Crippen LogP contribution in [0.3, 0.4) is 0 Å². The van der Waals surface area contributed by atoms with Crippen LogP contribution in [0.15, 0.2) is 24.3 Å². The van der Waals surface area contributed by atoms with E-state index >= 15 is 0 Å². The number of carbonyl (C=O) groups excluding carboxylic acids is 2. The normalized spacial score (nSPS) is 9.76. The van der Waals surface area contributed by atoms with Crippen LogP contribution >= 0.6 is 11.6 Å². The van der Waals surface area contributed by atoms with E-state index in [9.17, 15) is 9.59 Å². The Morgan fingerprint density at radius 1 is 1.47 bits per heavy atom. The third kappa shape index (κ3) is 4.95.